The van der Waals surface area contributed by atoms with E-state index >= 15 is 0 Å². The highest BCUT2D eigenvalue weighted by molar-refractivity contribution is 5.91. The summed E-state index contributed by atoms with van der Waals surface area (Å²) < 4.78 is 46.8. The Labute approximate surface area is 206 Å². The van der Waals surface area contributed by atoms with Crippen LogP contribution in [0.2, 0.25) is 0 Å². The van der Waals surface area contributed by atoms with Gasteiger partial charge in [-0.05, 0) is 49.6 Å². The Bertz CT molecular complexity index is 1260. The van der Waals surface area contributed by atoms with Gasteiger partial charge in [0, 0.05) is 18.8 Å². The van der Waals surface area contributed by atoms with Crippen molar-refractivity contribution in [1.82, 2.24) is 25.4 Å². The SMILES string of the molecule is COc1nc(/C=C/C(=O)NNCCCC(C#N)c2ccccc2C(F)(F)F)ccc1-n1cnc(C)c1. The molecule has 1 aromatic carbocycles. The number of nitrogens with one attached hydrogen (secondary N) is 2. The predicted octanol–water partition coefficient (Wildman–Crippen LogP) is 4.32. The van der Waals surface area contributed by atoms with Crippen LogP contribution in [0.1, 0.15) is 41.3 Å². The first kappa shape index (κ1) is 26.4. The number of hydrazine groups is 1. The van der Waals surface area contributed by atoms with Crippen molar-refractivity contribution in [3.05, 3.63) is 77.5 Å². The van der Waals surface area contributed by atoms with E-state index in [-0.39, 0.29) is 18.5 Å². The van der Waals surface area contributed by atoms with Crippen molar-refractivity contribution in [2.75, 3.05) is 13.7 Å². The highest BCUT2D eigenvalue weighted by atomic mass is 19.4. The number of imidazole rings is 1. The summed E-state index contributed by atoms with van der Waals surface area (Å²) in [6.45, 7) is 2.14. The number of aryl methyl sites for hydroxylation is 1. The summed E-state index contributed by atoms with van der Waals surface area (Å²) in [5, 5.41) is 9.38. The number of benzene rings is 1. The Morgan fingerprint density at radius 1 is 1.28 bits per heavy atom. The van der Waals surface area contributed by atoms with Crippen LogP contribution in [0.4, 0.5) is 13.2 Å². The molecule has 2 heterocycles. The van der Waals surface area contributed by atoms with E-state index in [2.05, 4.69) is 20.8 Å². The van der Waals surface area contributed by atoms with Gasteiger partial charge in [-0.25, -0.2) is 15.4 Å². The van der Waals surface area contributed by atoms with Gasteiger partial charge < -0.3 is 9.30 Å². The average Bonchev–Trinajstić information content (AvgIpc) is 3.30. The van der Waals surface area contributed by atoms with Gasteiger partial charge in [-0.1, -0.05) is 18.2 Å². The van der Waals surface area contributed by atoms with Gasteiger partial charge in [0.05, 0.1) is 42.4 Å². The van der Waals surface area contributed by atoms with Gasteiger partial charge in [0.2, 0.25) is 5.88 Å². The Morgan fingerprint density at radius 2 is 2.06 bits per heavy atom. The zero-order valence-electron chi connectivity index (χ0n) is 19.7. The molecule has 3 rings (SSSR count). The van der Waals surface area contributed by atoms with Crippen molar-refractivity contribution < 1.29 is 22.7 Å². The van der Waals surface area contributed by atoms with Gasteiger partial charge >= 0.3 is 6.18 Å². The molecule has 2 aromatic heterocycles. The van der Waals surface area contributed by atoms with Crippen LogP contribution in [0.3, 0.4) is 0 Å². The number of aromatic nitrogens is 3. The molecular formula is C25H25F3N6O2. The fourth-order valence-corrected chi connectivity index (χ4v) is 3.54. The minimum Gasteiger partial charge on any atom is -0.479 e. The van der Waals surface area contributed by atoms with Crippen LogP contribution in [0.5, 0.6) is 5.88 Å². The lowest BCUT2D eigenvalue weighted by Crippen LogP contribution is -2.36. The van der Waals surface area contributed by atoms with Gasteiger partial charge in [-0.3, -0.25) is 10.2 Å². The summed E-state index contributed by atoms with van der Waals surface area (Å²) in [4.78, 5) is 20.6. The molecule has 188 valence electrons. The number of hydrogen-bond donors (Lipinski definition) is 2. The van der Waals surface area contributed by atoms with E-state index in [9.17, 15) is 23.2 Å². The van der Waals surface area contributed by atoms with Crippen molar-refractivity contribution in [3.63, 3.8) is 0 Å². The first-order chi connectivity index (χ1) is 17.2. The molecular weight excluding hydrogens is 473 g/mol. The monoisotopic (exact) mass is 498 g/mol. The van der Waals surface area contributed by atoms with Crippen molar-refractivity contribution in [3.8, 4) is 17.6 Å². The number of hydrogen-bond acceptors (Lipinski definition) is 6. The lowest BCUT2D eigenvalue weighted by molar-refractivity contribution is -0.138. The number of ether oxygens (including phenoxy) is 1. The molecule has 0 saturated heterocycles. The average molecular weight is 499 g/mol. The quantitative estimate of drug-likeness (QED) is 0.245. The number of carbonyl (C=O) groups is 1. The van der Waals surface area contributed by atoms with Crippen molar-refractivity contribution in [2.24, 2.45) is 0 Å². The second kappa shape index (κ2) is 12.0. The van der Waals surface area contributed by atoms with E-state index in [0.717, 1.165) is 11.8 Å². The summed E-state index contributed by atoms with van der Waals surface area (Å²) in [5.74, 6) is -0.980. The van der Waals surface area contributed by atoms with Crippen LogP contribution >= 0.6 is 0 Å². The number of halogens is 3. The molecule has 0 aliphatic rings. The normalized spacial score (nSPS) is 12.3. The van der Waals surface area contributed by atoms with Gasteiger partial charge in [-0.2, -0.15) is 18.4 Å². The second-order valence-electron chi connectivity index (χ2n) is 7.85. The summed E-state index contributed by atoms with van der Waals surface area (Å²) in [6.07, 6.45) is 2.34. The highest BCUT2D eigenvalue weighted by Crippen LogP contribution is 2.36. The fourth-order valence-electron chi connectivity index (χ4n) is 3.54. The number of pyridine rings is 1. The van der Waals surface area contributed by atoms with Crippen LogP contribution in [-0.4, -0.2) is 34.1 Å². The Kier molecular flexibility index (Phi) is 8.81. The van der Waals surface area contributed by atoms with E-state index in [0.29, 0.717) is 23.7 Å². The third-order valence-electron chi connectivity index (χ3n) is 5.25. The maximum absolute atomic E-state index is 13.2. The molecule has 2 N–H and O–H groups in total. The third kappa shape index (κ3) is 6.93. The molecule has 3 aromatic rings. The molecule has 11 heteroatoms. The van der Waals surface area contributed by atoms with Crippen molar-refractivity contribution in [2.45, 2.75) is 31.9 Å². The van der Waals surface area contributed by atoms with Crippen molar-refractivity contribution >= 4 is 12.0 Å². The molecule has 0 spiro atoms. The zero-order chi connectivity index (χ0) is 26.1. The van der Waals surface area contributed by atoms with E-state index in [1.165, 1.54) is 37.5 Å². The van der Waals surface area contributed by atoms with E-state index in [1.807, 2.05) is 19.2 Å². The minimum absolute atomic E-state index is 0.0448. The lowest BCUT2D eigenvalue weighted by atomic mass is 9.91. The smallest absolute Gasteiger partial charge is 0.416 e. The molecule has 0 fully saturated rings. The second-order valence-corrected chi connectivity index (χ2v) is 7.85. The van der Waals surface area contributed by atoms with Crippen LogP contribution in [0.25, 0.3) is 11.8 Å². The molecule has 8 nitrogen and oxygen atoms in total. The van der Waals surface area contributed by atoms with Crippen LogP contribution in [0, 0.1) is 18.3 Å². The van der Waals surface area contributed by atoms with E-state index in [1.54, 1.807) is 23.0 Å². The maximum atomic E-state index is 13.2. The molecule has 0 bridgehead atoms. The third-order valence-corrected chi connectivity index (χ3v) is 5.25. The minimum atomic E-state index is -4.53. The molecule has 0 aliphatic heterocycles. The Balaban J connectivity index is 1.49. The summed E-state index contributed by atoms with van der Waals surface area (Å²) in [5.41, 5.74) is 6.40. The topological polar surface area (TPSA) is 105 Å². The standard InChI is InChI=1S/C25H25F3N6O2/c1-17-15-34(16-30-17)22-11-9-19(32-24(22)36-2)10-12-23(35)33-31-13-5-6-18(14-29)20-7-3-4-8-21(20)25(26,27)28/h3-4,7-12,15-16,18,31H,5-6,13H2,1-2H3,(H,33,35)/b12-10+. The number of nitrogens with zero attached hydrogens (tertiary/aromatic N) is 4. The van der Waals surface area contributed by atoms with Crippen LogP contribution in [0.15, 0.2) is 55.0 Å². The van der Waals surface area contributed by atoms with Crippen LogP contribution < -0.4 is 15.6 Å². The van der Waals surface area contributed by atoms with Crippen LogP contribution in [-0.2, 0) is 11.0 Å². The van der Waals surface area contributed by atoms with Gasteiger partial charge in [-0.15, -0.1) is 0 Å². The first-order valence-electron chi connectivity index (χ1n) is 11.1. The number of amides is 1. The maximum Gasteiger partial charge on any atom is 0.416 e. The Morgan fingerprint density at radius 3 is 2.72 bits per heavy atom. The number of alkyl halides is 3. The molecule has 0 saturated carbocycles. The van der Waals surface area contributed by atoms with Gasteiger partial charge in [0.25, 0.3) is 5.91 Å². The molecule has 0 radical (unpaired) electrons. The summed E-state index contributed by atoms with van der Waals surface area (Å²) in [6, 6.07) is 10.5. The number of methoxy groups -OCH3 is 1. The fraction of sp³-hybridized carbons (Fsp3) is 0.280. The summed E-state index contributed by atoms with van der Waals surface area (Å²) in [7, 11) is 1.50. The number of carbonyl (C=O) groups excluding carboxylic acids is 1. The number of nitriles is 1. The molecule has 1 atom stereocenters. The summed E-state index contributed by atoms with van der Waals surface area (Å²) >= 11 is 0. The molecule has 1 amide bonds. The van der Waals surface area contributed by atoms with E-state index < -0.39 is 23.6 Å². The van der Waals surface area contributed by atoms with Crippen molar-refractivity contribution in [1.29, 1.82) is 5.26 Å². The largest absolute Gasteiger partial charge is 0.479 e. The molecule has 36 heavy (non-hydrogen) atoms. The van der Waals surface area contributed by atoms with Gasteiger partial charge in [0.15, 0.2) is 0 Å². The zero-order valence-corrected chi connectivity index (χ0v) is 19.7. The van der Waals surface area contributed by atoms with E-state index in [4.69, 9.17) is 4.74 Å². The Hall–Kier alpha value is -4.17. The molecule has 0 aliphatic carbocycles. The molecule has 1 unspecified atom stereocenters. The number of rotatable bonds is 10. The lowest BCUT2D eigenvalue weighted by Gasteiger charge is -2.16. The first-order valence-corrected chi connectivity index (χ1v) is 11.1. The predicted molar refractivity (Wildman–Crippen MR) is 127 cm³/mol. The highest BCUT2D eigenvalue weighted by Gasteiger charge is 2.34. The van der Waals surface area contributed by atoms with Gasteiger partial charge in [0.1, 0.15) is 5.69 Å².